The first-order chi connectivity index (χ1) is 14.7. The minimum Gasteiger partial charge on any atom is -0.350 e. The van der Waals surface area contributed by atoms with E-state index in [2.05, 4.69) is 104 Å². The van der Waals surface area contributed by atoms with Crippen LogP contribution in [0, 0.1) is 0 Å². The molecule has 1 heterocycles. The Labute approximate surface area is 180 Å². The van der Waals surface area contributed by atoms with E-state index in [9.17, 15) is 0 Å². The molecule has 4 rings (SSSR count). The number of hydrogen-bond acceptors (Lipinski definition) is 3. The molecule has 0 saturated carbocycles. The van der Waals surface area contributed by atoms with Crippen molar-refractivity contribution in [3.05, 3.63) is 90.5 Å². The smallest absolute Gasteiger partial charge is 0.158 e. The molecule has 0 radical (unpaired) electrons. The molecule has 3 aromatic carbocycles. The summed E-state index contributed by atoms with van der Waals surface area (Å²) in [5.41, 5.74) is 4.76. The Morgan fingerprint density at radius 1 is 0.767 bits per heavy atom. The van der Waals surface area contributed by atoms with Crippen molar-refractivity contribution in [1.29, 1.82) is 0 Å². The van der Waals surface area contributed by atoms with Crippen LogP contribution in [0.4, 0.5) is 17.1 Å². The SMILES string of the molecule is CCC1CC(C)OC(CCc2ccc(N(c3ccccc3)c3ccccc3)cc2)O1. The zero-order valence-electron chi connectivity index (χ0n) is 17.9. The Bertz CT molecular complexity index is 856. The lowest BCUT2D eigenvalue weighted by Gasteiger charge is -2.34. The van der Waals surface area contributed by atoms with Gasteiger partial charge in [0, 0.05) is 23.5 Å². The van der Waals surface area contributed by atoms with Crippen molar-refractivity contribution in [1.82, 2.24) is 0 Å². The molecule has 1 saturated heterocycles. The summed E-state index contributed by atoms with van der Waals surface area (Å²) in [7, 11) is 0. The van der Waals surface area contributed by atoms with Crippen LogP contribution in [0.3, 0.4) is 0 Å². The van der Waals surface area contributed by atoms with Crippen molar-refractivity contribution in [3.63, 3.8) is 0 Å². The highest BCUT2D eigenvalue weighted by molar-refractivity contribution is 5.76. The minimum absolute atomic E-state index is 0.0940. The van der Waals surface area contributed by atoms with Gasteiger partial charge >= 0.3 is 0 Å². The van der Waals surface area contributed by atoms with Crippen LogP contribution in [0.15, 0.2) is 84.9 Å². The number of anilines is 3. The third kappa shape index (κ3) is 5.10. The van der Waals surface area contributed by atoms with Crippen LogP contribution in [-0.2, 0) is 15.9 Å². The van der Waals surface area contributed by atoms with Gasteiger partial charge in [0.15, 0.2) is 6.29 Å². The van der Waals surface area contributed by atoms with Crippen LogP contribution < -0.4 is 4.90 Å². The second kappa shape index (κ2) is 9.92. The molecule has 30 heavy (non-hydrogen) atoms. The lowest BCUT2D eigenvalue weighted by atomic mass is 10.1. The molecule has 3 unspecified atom stereocenters. The van der Waals surface area contributed by atoms with Crippen molar-refractivity contribution >= 4 is 17.1 Å². The van der Waals surface area contributed by atoms with Gasteiger partial charge in [-0.3, -0.25) is 0 Å². The van der Waals surface area contributed by atoms with Crippen molar-refractivity contribution in [3.8, 4) is 0 Å². The molecule has 3 nitrogen and oxygen atoms in total. The maximum atomic E-state index is 6.07. The highest BCUT2D eigenvalue weighted by Crippen LogP contribution is 2.34. The number of aryl methyl sites for hydroxylation is 1. The molecule has 3 atom stereocenters. The quantitative estimate of drug-likeness (QED) is 0.425. The molecule has 1 aliphatic heterocycles. The zero-order chi connectivity index (χ0) is 20.8. The van der Waals surface area contributed by atoms with Gasteiger partial charge in [-0.2, -0.15) is 0 Å². The molecule has 3 aromatic rings. The van der Waals surface area contributed by atoms with Gasteiger partial charge < -0.3 is 14.4 Å². The maximum absolute atomic E-state index is 6.07. The number of hydrogen-bond donors (Lipinski definition) is 0. The summed E-state index contributed by atoms with van der Waals surface area (Å²) in [4.78, 5) is 2.28. The Morgan fingerprint density at radius 3 is 1.90 bits per heavy atom. The third-order valence-electron chi connectivity index (χ3n) is 5.67. The molecular weight excluding hydrogens is 370 g/mol. The van der Waals surface area contributed by atoms with E-state index in [0.29, 0.717) is 6.10 Å². The van der Waals surface area contributed by atoms with Crippen molar-refractivity contribution < 1.29 is 9.47 Å². The fourth-order valence-corrected chi connectivity index (χ4v) is 4.08. The van der Waals surface area contributed by atoms with E-state index in [1.165, 1.54) is 5.56 Å². The Hall–Kier alpha value is -2.62. The standard InChI is InChI=1S/C27H31NO2/c1-3-26-20-21(2)29-27(30-26)19-16-22-14-17-25(18-15-22)28(23-10-6-4-7-11-23)24-12-8-5-9-13-24/h4-15,17-18,21,26-27H,3,16,19-20H2,1-2H3. The second-order valence-electron chi connectivity index (χ2n) is 7.99. The van der Waals surface area contributed by atoms with Gasteiger partial charge in [-0.15, -0.1) is 0 Å². The number of nitrogens with zero attached hydrogens (tertiary/aromatic N) is 1. The highest BCUT2D eigenvalue weighted by Gasteiger charge is 2.26. The van der Waals surface area contributed by atoms with Gasteiger partial charge in [0.25, 0.3) is 0 Å². The summed E-state index contributed by atoms with van der Waals surface area (Å²) >= 11 is 0. The van der Waals surface area contributed by atoms with Crippen LogP contribution in [0.2, 0.25) is 0 Å². The number of benzene rings is 3. The molecule has 0 bridgehead atoms. The minimum atomic E-state index is -0.0940. The first-order valence-corrected chi connectivity index (χ1v) is 11.0. The average molecular weight is 402 g/mol. The summed E-state index contributed by atoms with van der Waals surface area (Å²) in [6.07, 6.45) is 4.40. The van der Waals surface area contributed by atoms with Crippen molar-refractivity contribution in [2.45, 2.75) is 58.0 Å². The lowest BCUT2D eigenvalue weighted by molar-refractivity contribution is -0.240. The number of ether oxygens (including phenoxy) is 2. The zero-order valence-corrected chi connectivity index (χ0v) is 17.9. The van der Waals surface area contributed by atoms with Gasteiger partial charge in [0.2, 0.25) is 0 Å². The first kappa shape index (κ1) is 20.6. The van der Waals surface area contributed by atoms with Crippen molar-refractivity contribution in [2.24, 2.45) is 0 Å². The van der Waals surface area contributed by atoms with Crippen LogP contribution in [0.25, 0.3) is 0 Å². The summed E-state index contributed by atoms with van der Waals surface area (Å²) in [6.45, 7) is 4.33. The predicted molar refractivity (Wildman–Crippen MR) is 124 cm³/mol. The van der Waals surface area contributed by atoms with Crippen LogP contribution in [0.5, 0.6) is 0 Å². The number of rotatable bonds is 7. The summed E-state index contributed by atoms with van der Waals surface area (Å²) < 4.78 is 12.1. The monoisotopic (exact) mass is 401 g/mol. The van der Waals surface area contributed by atoms with Crippen LogP contribution >= 0.6 is 0 Å². The van der Waals surface area contributed by atoms with E-state index in [1.54, 1.807) is 0 Å². The topological polar surface area (TPSA) is 21.7 Å². The van der Waals surface area contributed by atoms with E-state index in [1.807, 2.05) is 0 Å². The molecular formula is C27H31NO2. The van der Waals surface area contributed by atoms with E-state index < -0.39 is 0 Å². The molecule has 0 N–H and O–H groups in total. The first-order valence-electron chi connectivity index (χ1n) is 11.0. The van der Waals surface area contributed by atoms with Crippen molar-refractivity contribution in [2.75, 3.05) is 4.90 Å². The largest absolute Gasteiger partial charge is 0.350 e. The Morgan fingerprint density at radius 2 is 1.33 bits per heavy atom. The summed E-state index contributed by atoms with van der Waals surface area (Å²) in [5, 5.41) is 0. The molecule has 0 aliphatic carbocycles. The van der Waals surface area contributed by atoms with Gasteiger partial charge in [-0.05, 0) is 68.1 Å². The summed E-state index contributed by atoms with van der Waals surface area (Å²) in [5.74, 6) is 0. The van der Waals surface area contributed by atoms with Gasteiger partial charge in [-0.1, -0.05) is 55.5 Å². The summed E-state index contributed by atoms with van der Waals surface area (Å²) in [6, 6.07) is 29.8. The average Bonchev–Trinajstić information content (AvgIpc) is 2.80. The van der Waals surface area contributed by atoms with Crippen LogP contribution in [-0.4, -0.2) is 18.5 Å². The lowest BCUT2D eigenvalue weighted by Crippen LogP contribution is -2.36. The number of para-hydroxylation sites is 2. The molecule has 0 amide bonds. The van der Waals surface area contributed by atoms with Crippen LogP contribution in [0.1, 0.15) is 38.7 Å². The van der Waals surface area contributed by atoms with Gasteiger partial charge in [0.05, 0.1) is 12.2 Å². The predicted octanol–water partition coefficient (Wildman–Crippen LogP) is 7.02. The van der Waals surface area contributed by atoms with E-state index in [-0.39, 0.29) is 12.4 Å². The molecule has 0 aromatic heterocycles. The van der Waals surface area contributed by atoms with E-state index in [4.69, 9.17) is 9.47 Å². The molecule has 1 aliphatic rings. The fraction of sp³-hybridized carbons (Fsp3) is 0.333. The van der Waals surface area contributed by atoms with E-state index >= 15 is 0 Å². The molecule has 3 heteroatoms. The molecule has 156 valence electrons. The normalized spacial score (nSPS) is 21.3. The van der Waals surface area contributed by atoms with E-state index in [0.717, 1.165) is 42.7 Å². The highest BCUT2D eigenvalue weighted by atomic mass is 16.7. The Balaban J connectivity index is 1.47. The van der Waals surface area contributed by atoms with Gasteiger partial charge in [0.1, 0.15) is 0 Å². The van der Waals surface area contributed by atoms with Gasteiger partial charge in [-0.25, -0.2) is 0 Å². The fourth-order valence-electron chi connectivity index (χ4n) is 4.08. The Kier molecular flexibility index (Phi) is 6.83. The third-order valence-corrected chi connectivity index (χ3v) is 5.67. The molecule has 0 spiro atoms. The second-order valence-corrected chi connectivity index (χ2v) is 7.99. The molecule has 1 fully saturated rings. The maximum Gasteiger partial charge on any atom is 0.158 e.